The first kappa shape index (κ1) is 44.5. The van der Waals surface area contributed by atoms with E-state index in [1.165, 1.54) is 0 Å². The number of hydrogen-bond donors (Lipinski definition) is 12. The molecule has 0 aliphatic heterocycles. The van der Waals surface area contributed by atoms with Crippen molar-refractivity contribution < 1.29 is 69.0 Å². The second-order valence-corrected chi connectivity index (χ2v) is 9.89. The Morgan fingerprint density at radius 2 is 0.917 bits per heavy atom. The second kappa shape index (κ2) is 23.6. The summed E-state index contributed by atoms with van der Waals surface area (Å²) in [5, 5.41) is 61.5. The number of carboxylic acid groups (broad SMARTS) is 6. The lowest BCUT2D eigenvalue weighted by Gasteiger charge is -2.18. The Morgan fingerprint density at radius 1 is 0.562 bits per heavy atom. The van der Waals surface area contributed by atoms with Crippen molar-refractivity contribution >= 4 is 53.6 Å². The van der Waals surface area contributed by atoms with Crippen LogP contribution in [0.3, 0.4) is 0 Å². The highest BCUT2D eigenvalue weighted by Crippen LogP contribution is 2.09. The van der Waals surface area contributed by atoms with Crippen LogP contribution < -0.4 is 32.7 Å². The highest BCUT2D eigenvalue weighted by Gasteiger charge is 2.26. The quantitative estimate of drug-likeness (QED) is 0.0618. The van der Waals surface area contributed by atoms with Gasteiger partial charge in [0.15, 0.2) is 0 Å². The molecular formula is C28H44N6O14. The van der Waals surface area contributed by atoms with Gasteiger partial charge in [0.2, 0.25) is 0 Å². The van der Waals surface area contributed by atoms with Crippen LogP contribution in [0.15, 0.2) is 24.3 Å². The van der Waals surface area contributed by atoms with Gasteiger partial charge in [-0.15, -0.1) is 0 Å². The van der Waals surface area contributed by atoms with Crippen molar-refractivity contribution in [2.75, 3.05) is 12.3 Å². The molecule has 20 heteroatoms. The van der Waals surface area contributed by atoms with Gasteiger partial charge in [0.1, 0.15) is 24.2 Å². The predicted molar refractivity (Wildman–Crippen MR) is 167 cm³/mol. The van der Waals surface area contributed by atoms with E-state index in [-0.39, 0.29) is 33.1 Å². The summed E-state index contributed by atoms with van der Waals surface area (Å²) in [6.07, 6.45) is -0.292. The van der Waals surface area contributed by atoms with Crippen molar-refractivity contribution in [1.29, 1.82) is 0 Å². The summed E-state index contributed by atoms with van der Waals surface area (Å²) in [4.78, 5) is 88.6. The van der Waals surface area contributed by atoms with Gasteiger partial charge in [0, 0.05) is 24.9 Å². The first-order chi connectivity index (χ1) is 22.0. The number of hydrogen-bond acceptors (Lipinski definition) is 10. The number of unbranched alkanes of at least 4 members (excludes halogenated alkanes) is 1. The van der Waals surface area contributed by atoms with Gasteiger partial charge < -0.3 is 63.4 Å². The minimum atomic E-state index is -1.44. The van der Waals surface area contributed by atoms with Crippen LogP contribution in [0.25, 0.3) is 0 Å². The molecule has 14 N–H and O–H groups in total. The Labute approximate surface area is 274 Å². The monoisotopic (exact) mass is 688 g/mol. The summed E-state index contributed by atoms with van der Waals surface area (Å²) in [7, 11) is 0. The fourth-order valence-corrected chi connectivity index (χ4v) is 3.61. The summed E-state index contributed by atoms with van der Waals surface area (Å²) < 4.78 is 0. The lowest BCUT2D eigenvalue weighted by atomic mass is 10.1. The van der Waals surface area contributed by atoms with E-state index in [4.69, 9.17) is 37.0 Å². The highest BCUT2D eigenvalue weighted by atomic mass is 16.4. The third-order valence-electron chi connectivity index (χ3n) is 6.07. The van der Waals surface area contributed by atoms with Crippen molar-refractivity contribution in [3.05, 3.63) is 29.8 Å². The summed E-state index contributed by atoms with van der Waals surface area (Å²) >= 11 is 0. The van der Waals surface area contributed by atoms with Gasteiger partial charge in [-0.2, -0.15) is 0 Å². The number of nitrogens with one attached hydrogen (secondary N) is 4. The predicted octanol–water partition coefficient (Wildman–Crippen LogP) is -0.296. The van der Waals surface area contributed by atoms with Crippen LogP contribution in [0.2, 0.25) is 0 Å². The summed E-state index contributed by atoms with van der Waals surface area (Å²) in [5.41, 5.74) is 11.9. The van der Waals surface area contributed by atoms with E-state index in [1.54, 1.807) is 24.3 Å². The van der Waals surface area contributed by atoms with Crippen LogP contribution in [0.5, 0.6) is 0 Å². The molecule has 0 fully saturated rings. The molecule has 0 heterocycles. The summed E-state index contributed by atoms with van der Waals surface area (Å²) in [6.45, 7) is 0.398. The van der Waals surface area contributed by atoms with E-state index in [9.17, 15) is 43.5 Å². The van der Waals surface area contributed by atoms with Gasteiger partial charge in [0.05, 0.1) is 0 Å². The Morgan fingerprint density at radius 3 is 1.25 bits per heavy atom. The largest absolute Gasteiger partial charge is 0.481 e. The van der Waals surface area contributed by atoms with Gasteiger partial charge in [-0.05, 0) is 56.3 Å². The minimum Gasteiger partial charge on any atom is -0.481 e. The Kier molecular flexibility index (Phi) is 21.9. The number of nitrogen functional groups attached to an aromatic ring is 1. The van der Waals surface area contributed by atoms with Crippen LogP contribution >= 0.6 is 0 Å². The van der Waals surface area contributed by atoms with E-state index in [0.29, 0.717) is 30.6 Å². The normalized spacial score (nSPS) is 12.5. The fraction of sp³-hybridized carbons (Fsp3) is 0.500. The molecular weight excluding hydrogens is 644 g/mol. The third kappa shape index (κ3) is 20.4. The van der Waals surface area contributed by atoms with Crippen LogP contribution in [-0.2, 0) is 35.2 Å². The maximum atomic E-state index is 11.8. The zero-order valence-electron chi connectivity index (χ0n) is 25.1. The van der Waals surface area contributed by atoms with E-state index in [0.717, 1.165) is 0 Å². The molecule has 20 nitrogen and oxygen atoms in total. The summed E-state index contributed by atoms with van der Waals surface area (Å²) in [5.74, 6) is -7.76. The number of urea groups is 2. The van der Waals surface area contributed by atoms with Crippen LogP contribution in [0, 0.1) is 0 Å². The van der Waals surface area contributed by atoms with E-state index < -0.39 is 84.9 Å². The van der Waals surface area contributed by atoms with Crippen molar-refractivity contribution in [3.63, 3.8) is 0 Å². The van der Waals surface area contributed by atoms with Crippen molar-refractivity contribution in [2.45, 2.75) is 83.0 Å². The molecule has 270 valence electrons. The van der Waals surface area contributed by atoms with Crippen molar-refractivity contribution in [3.8, 4) is 0 Å². The maximum Gasteiger partial charge on any atom is 0.326 e. The number of amides is 4. The molecule has 1 aromatic rings. The number of nitrogens with two attached hydrogens (primary N) is 2. The molecule has 0 bridgehead atoms. The first-order valence-electron chi connectivity index (χ1n) is 14.0. The second-order valence-electron chi connectivity index (χ2n) is 9.89. The van der Waals surface area contributed by atoms with Gasteiger partial charge in [0.25, 0.3) is 0 Å². The lowest BCUT2D eigenvalue weighted by Crippen LogP contribution is -2.51. The standard InChI is InChI=1S/C15H19N3O7.C12H21N3O7.CH4/c16-9-3-1-8(2-4-9)7-11(14(23)24)18-15(25)17-10(13(21)22)5-6-12(19)20;13-6-2-1-3-7(10(18)19)14-12(22)15-8(11(20)21)4-5-9(16)17;/h1-4,10-11H,5-7,16H2,(H,19,20)(H,21,22)(H,23,24)(H2,17,18,25);7-8H,1-6,13H2,(H,16,17)(H,18,19)(H,20,21)(H2,14,15,22);1H4/t10-,11-;7-,8-;/m00./s1. The number of aliphatic carboxylic acids is 6. The van der Waals surface area contributed by atoms with Gasteiger partial charge in [-0.25, -0.2) is 28.8 Å². The zero-order valence-corrected chi connectivity index (χ0v) is 25.1. The number of benzene rings is 1. The van der Waals surface area contributed by atoms with E-state index in [1.807, 2.05) is 5.32 Å². The molecule has 4 atom stereocenters. The third-order valence-corrected chi connectivity index (χ3v) is 6.07. The van der Waals surface area contributed by atoms with Crippen LogP contribution in [0.4, 0.5) is 15.3 Å². The molecule has 1 aromatic carbocycles. The van der Waals surface area contributed by atoms with Gasteiger partial charge in [-0.1, -0.05) is 19.6 Å². The molecule has 0 spiro atoms. The topological polar surface area (TPSA) is 358 Å². The van der Waals surface area contributed by atoms with Gasteiger partial charge >= 0.3 is 47.9 Å². The SMILES string of the molecule is C.NCCCC[C@H](NC(=O)N[C@@H](CCC(=O)O)C(=O)O)C(=O)O.Nc1ccc(C[C@H](NC(=O)N[C@@H](CCC(=O)O)C(=O)O)C(=O)O)cc1. The van der Waals surface area contributed by atoms with E-state index >= 15 is 0 Å². The van der Waals surface area contributed by atoms with Crippen molar-refractivity contribution in [1.82, 2.24) is 21.3 Å². The molecule has 0 saturated heterocycles. The average Bonchev–Trinajstić information content (AvgIpc) is 2.97. The van der Waals surface area contributed by atoms with Crippen LogP contribution in [0.1, 0.15) is 57.9 Å². The number of carbonyl (C=O) groups excluding carboxylic acids is 2. The summed E-state index contributed by atoms with van der Waals surface area (Å²) in [6, 6.07) is -0.912. The molecule has 48 heavy (non-hydrogen) atoms. The minimum absolute atomic E-state index is 0. The lowest BCUT2D eigenvalue weighted by molar-refractivity contribution is -0.142. The van der Waals surface area contributed by atoms with Crippen LogP contribution in [-0.4, -0.2) is 109 Å². The smallest absolute Gasteiger partial charge is 0.326 e. The van der Waals surface area contributed by atoms with E-state index in [2.05, 4.69) is 16.0 Å². The molecule has 4 amide bonds. The molecule has 0 radical (unpaired) electrons. The maximum absolute atomic E-state index is 11.8. The number of carbonyl (C=O) groups is 8. The molecule has 0 aromatic heterocycles. The Bertz CT molecular complexity index is 1240. The number of rotatable bonds is 20. The zero-order chi connectivity index (χ0) is 36.1. The molecule has 0 saturated carbocycles. The Hall–Kier alpha value is -5.66. The number of anilines is 1. The molecule has 0 unspecified atom stereocenters. The molecule has 1 rings (SSSR count). The molecule has 0 aliphatic rings. The molecule has 0 aliphatic carbocycles. The first-order valence-corrected chi connectivity index (χ1v) is 14.0. The van der Waals surface area contributed by atoms with Crippen molar-refractivity contribution in [2.24, 2.45) is 5.73 Å². The Balaban J connectivity index is 0. The average molecular weight is 689 g/mol. The highest BCUT2D eigenvalue weighted by molar-refractivity contribution is 5.87. The van der Waals surface area contributed by atoms with Gasteiger partial charge in [-0.3, -0.25) is 9.59 Å². The fourth-order valence-electron chi connectivity index (χ4n) is 3.61. The number of carboxylic acids is 6.